The van der Waals surface area contributed by atoms with E-state index in [1.54, 1.807) is 0 Å². The Labute approximate surface area is 175 Å². The third-order valence-corrected chi connectivity index (χ3v) is 4.65. The fourth-order valence-corrected chi connectivity index (χ4v) is 3.78. The van der Waals surface area contributed by atoms with Gasteiger partial charge >= 0.3 is 0 Å². The van der Waals surface area contributed by atoms with Crippen LogP contribution in [0.5, 0.6) is 0 Å². The van der Waals surface area contributed by atoms with Crippen LogP contribution in [0.15, 0.2) is 29.3 Å². The van der Waals surface area contributed by atoms with E-state index in [4.69, 9.17) is 0 Å². The Balaban J connectivity index is 0.00000625. The number of sulfonamides is 1. The molecule has 0 fully saturated rings. The van der Waals surface area contributed by atoms with Crippen molar-refractivity contribution >= 4 is 40.0 Å². The number of nitrogens with one attached hydrogen (secondary N) is 3. The molecule has 0 aliphatic carbocycles. The molecule has 0 amide bonds. The summed E-state index contributed by atoms with van der Waals surface area (Å²) < 4.78 is 27.1. The van der Waals surface area contributed by atoms with E-state index in [0.29, 0.717) is 12.5 Å². The average molecular weight is 496 g/mol. The van der Waals surface area contributed by atoms with Crippen LogP contribution < -0.4 is 15.4 Å². The van der Waals surface area contributed by atoms with Crippen molar-refractivity contribution in [1.29, 1.82) is 0 Å². The van der Waals surface area contributed by atoms with Gasteiger partial charge in [-0.05, 0) is 52.7 Å². The molecule has 1 aromatic carbocycles. The summed E-state index contributed by atoms with van der Waals surface area (Å²) in [6.07, 6.45) is 0. The first-order chi connectivity index (χ1) is 11.5. The zero-order valence-corrected chi connectivity index (χ0v) is 19.7. The van der Waals surface area contributed by atoms with Gasteiger partial charge in [0.25, 0.3) is 0 Å². The van der Waals surface area contributed by atoms with E-state index in [0.717, 1.165) is 17.7 Å². The van der Waals surface area contributed by atoms with Crippen molar-refractivity contribution in [2.75, 3.05) is 6.54 Å². The molecule has 0 aromatic heterocycles. The highest BCUT2D eigenvalue weighted by Crippen LogP contribution is 2.14. The first-order valence-corrected chi connectivity index (χ1v) is 10.3. The number of hydrogen-bond acceptors (Lipinski definition) is 3. The Morgan fingerprint density at radius 1 is 1.15 bits per heavy atom. The van der Waals surface area contributed by atoms with Crippen molar-refractivity contribution in [3.63, 3.8) is 0 Å². The molecule has 0 saturated carbocycles. The summed E-state index contributed by atoms with van der Waals surface area (Å²) >= 11 is 0. The van der Waals surface area contributed by atoms with Crippen LogP contribution >= 0.6 is 24.0 Å². The highest BCUT2D eigenvalue weighted by molar-refractivity contribution is 14.0. The van der Waals surface area contributed by atoms with Gasteiger partial charge in [-0.2, -0.15) is 0 Å². The molecule has 1 aromatic rings. The Bertz CT molecular complexity index is 683. The molecule has 0 saturated heterocycles. The summed E-state index contributed by atoms with van der Waals surface area (Å²) in [5, 5.41) is 6.54. The van der Waals surface area contributed by atoms with Gasteiger partial charge in [0.15, 0.2) is 5.96 Å². The maximum atomic E-state index is 12.2. The molecule has 6 nitrogen and oxygen atoms in total. The summed E-state index contributed by atoms with van der Waals surface area (Å²) in [5.41, 5.74) is 1.57. The molecule has 0 aliphatic heterocycles. The number of hydrogen-bond donors (Lipinski definition) is 3. The molecule has 150 valence electrons. The largest absolute Gasteiger partial charge is 0.357 e. The number of halogens is 1. The number of rotatable bonds is 7. The van der Waals surface area contributed by atoms with Gasteiger partial charge in [0, 0.05) is 18.1 Å². The second-order valence-corrected chi connectivity index (χ2v) is 9.12. The van der Waals surface area contributed by atoms with E-state index < -0.39 is 10.0 Å². The molecule has 0 spiro atoms. The van der Waals surface area contributed by atoms with Crippen LogP contribution in [0.4, 0.5) is 0 Å². The monoisotopic (exact) mass is 496 g/mol. The van der Waals surface area contributed by atoms with Crippen LogP contribution in [0.1, 0.15) is 52.7 Å². The average Bonchev–Trinajstić information content (AvgIpc) is 2.43. The zero-order chi connectivity index (χ0) is 19.1. The highest BCUT2D eigenvalue weighted by atomic mass is 127. The summed E-state index contributed by atoms with van der Waals surface area (Å²) in [5.74, 6) is 0.674. The van der Waals surface area contributed by atoms with Gasteiger partial charge in [0.05, 0.1) is 12.3 Å². The Hall–Kier alpha value is -0.870. The van der Waals surface area contributed by atoms with Gasteiger partial charge in [-0.3, -0.25) is 0 Å². The number of nitrogens with zero attached hydrogens (tertiary/aromatic N) is 1. The topological polar surface area (TPSA) is 82.6 Å². The van der Waals surface area contributed by atoms with Crippen LogP contribution in [0, 0.1) is 0 Å². The molecule has 0 unspecified atom stereocenters. The minimum atomic E-state index is -3.36. The minimum Gasteiger partial charge on any atom is -0.357 e. The molecule has 1 rings (SSSR count). The first-order valence-electron chi connectivity index (χ1n) is 8.65. The third-order valence-electron chi connectivity index (χ3n) is 3.12. The van der Waals surface area contributed by atoms with E-state index in [1.807, 2.05) is 45.0 Å². The van der Waals surface area contributed by atoms with E-state index in [-0.39, 0.29) is 41.3 Å². The Morgan fingerprint density at radius 3 is 2.23 bits per heavy atom. The van der Waals surface area contributed by atoms with Gasteiger partial charge < -0.3 is 10.6 Å². The lowest BCUT2D eigenvalue weighted by atomic mass is 10.1. The standard InChI is InChI=1S/C18H32N4O2S.HI/c1-7-19-17(21-18(4,5)6)20-12-15-10-8-9-11-16(15)13-25(23,24)22-14(2)3;/h8-11,14,22H,7,12-13H2,1-6H3,(H2,19,20,21);1H. The van der Waals surface area contributed by atoms with Crippen LogP contribution in [-0.4, -0.2) is 32.5 Å². The maximum absolute atomic E-state index is 12.2. The Kier molecular flexibility index (Phi) is 10.7. The summed E-state index contributed by atoms with van der Waals surface area (Å²) in [6, 6.07) is 7.40. The molecule has 26 heavy (non-hydrogen) atoms. The molecular weight excluding hydrogens is 463 g/mol. The van der Waals surface area contributed by atoms with Gasteiger partial charge in [-0.1, -0.05) is 24.3 Å². The van der Waals surface area contributed by atoms with Gasteiger partial charge in [0.2, 0.25) is 10.0 Å². The number of guanidine groups is 1. The third kappa shape index (κ3) is 10.3. The van der Waals surface area contributed by atoms with Crippen LogP contribution in [0.3, 0.4) is 0 Å². The van der Waals surface area contributed by atoms with Gasteiger partial charge in [-0.25, -0.2) is 18.1 Å². The van der Waals surface area contributed by atoms with Crippen molar-refractivity contribution in [3.8, 4) is 0 Å². The molecule has 0 atom stereocenters. The number of benzene rings is 1. The molecule has 8 heteroatoms. The molecule has 3 N–H and O–H groups in total. The predicted octanol–water partition coefficient (Wildman–Crippen LogP) is 2.99. The van der Waals surface area contributed by atoms with E-state index in [1.165, 1.54) is 0 Å². The lowest BCUT2D eigenvalue weighted by Crippen LogP contribution is -2.47. The quantitative estimate of drug-likeness (QED) is 0.308. The SMILES string of the molecule is CCNC(=NCc1ccccc1CS(=O)(=O)NC(C)C)NC(C)(C)C.I. The van der Waals surface area contributed by atoms with Crippen molar-refractivity contribution in [2.45, 2.75) is 65.4 Å². The van der Waals surface area contributed by atoms with Crippen LogP contribution in [-0.2, 0) is 22.3 Å². The molecule has 0 aliphatic rings. The van der Waals surface area contributed by atoms with E-state index >= 15 is 0 Å². The summed E-state index contributed by atoms with van der Waals surface area (Å²) in [6.45, 7) is 13.0. The molecule has 0 radical (unpaired) electrons. The molecular formula is C18H33IN4O2S. The molecule has 0 bridgehead atoms. The van der Waals surface area contributed by atoms with Crippen molar-refractivity contribution in [2.24, 2.45) is 4.99 Å². The normalized spacial score (nSPS) is 12.7. The van der Waals surface area contributed by atoms with Crippen molar-refractivity contribution in [3.05, 3.63) is 35.4 Å². The summed E-state index contributed by atoms with van der Waals surface area (Å²) in [4.78, 5) is 4.60. The fourth-order valence-electron chi connectivity index (χ4n) is 2.28. The van der Waals surface area contributed by atoms with Crippen molar-refractivity contribution < 1.29 is 8.42 Å². The van der Waals surface area contributed by atoms with Gasteiger partial charge in [-0.15, -0.1) is 24.0 Å². The van der Waals surface area contributed by atoms with Crippen LogP contribution in [0.25, 0.3) is 0 Å². The smallest absolute Gasteiger partial charge is 0.216 e. The highest BCUT2D eigenvalue weighted by Gasteiger charge is 2.16. The summed E-state index contributed by atoms with van der Waals surface area (Å²) in [7, 11) is -3.36. The maximum Gasteiger partial charge on any atom is 0.216 e. The first kappa shape index (κ1) is 25.1. The lowest BCUT2D eigenvalue weighted by molar-refractivity contribution is 0.501. The minimum absolute atomic E-state index is 0. The number of aliphatic imine (C=N–C) groups is 1. The Morgan fingerprint density at radius 2 is 1.73 bits per heavy atom. The van der Waals surface area contributed by atoms with Crippen molar-refractivity contribution in [1.82, 2.24) is 15.4 Å². The second-order valence-electron chi connectivity index (χ2n) is 7.37. The van der Waals surface area contributed by atoms with E-state index in [9.17, 15) is 8.42 Å². The second kappa shape index (κ2) is 11.1. The van der Waals surface area contributed by atoms with E-state index in [2.05, 4.69) is 41.1 Å². The zero-order valence-electron chi connectivity index (χ0n) is 16.6. The predicted molar refractivity (Wildman–Crippen MR) is 120 cm³/mol. The lowest BCUT2D eigenvalue weighted by Gasteiger charge is -2.23. The van der Waals surface area contributed by atoms with Crippen LogP contribution in [0.2, 0.25) is 0 Å². The van der Waals surface area contributed by atoms with Gasteiger partial charge in [0.1, 0.15) is 0 Å². The molecule has 0 heterocycles. The fraction of sp³-hybridized carbons (Fsp3) is 0.611.